The highest BCUT2D eigenvalue weighted by Crippen LogP contribution is 2.17. The molecule has 2 rings (SSSR count). The first-order valence-corrected chi connectivity index (χ1v) is 7.64. The van der Waals surface area contributed by atoms with Crippen LogP contribution in [0.4, 0.5) is 0 Å². The van der Waals surface area contributed by atoms with E-state index in [0.717, 1.165) is 18.5 Å². The van der Waals surface area contributed by atoms with Crippen molar-refractivity contribution in [3.05, 3.63) is 30.1 Å². The third-order valence-corrected chi connectivity index (χ3v) is 3.98. The van der Waals surface area contributed by atoms with Gasteiger partial charge in [-0.1, -0.05) is 25.3 Å². The largest absolute Gasteiger partial charge is 0.352 e. The van der Waals surface area contributed by atoms with E-state index < -0.39 is 0 Å². The SMILES string of the molecule is CC(N[C@H](C)c1ccccn1)C(=O)NC1CCCCC1. The molecule has 1 aromatic rings. The fourth-order valence-corrected chi connectivity index (χ4v) is 2.74. The maximum Gasteiger partial charge on any atom is 0.237 e. The molecule has 0 radical (unpaired) electrons. The van der Waals surface area contributed by atoms with Gasteiger partial charge in [-0.25, -0.2) is 0 Å². The van der Waals surface area contributed by atoms with Crippen LogP contribution in [0, 0.1) is 0 Å². The van der Waals surface area contributed by atoms with Crippen LogP contribution in [-0.4, -0.2) is 23.0 Å². The molecule has 1 fully saturated rings. The summed E-state index contributed by atoms with van der Waals surface area (Å²) in [5.74, 6) is 0.0969. The number of carbonyl (C=O) groups excluding carboxylic acids is 1. The van der Waals surface area contributed by atoms with Gasteiger partial charge in [0.2, 0.25) is 5.91 Å². The van der Waals surface area contributed by atoms with Crippen molar-refractivity contribution in [3.8, 4) is 0 Å². The highest BCUT2D eigenvalue weighted by molar-refractivity contribution is 5.81. The van der Waals surface area contributed by atoms with Crippen LogP contribution in [0.15, 0.2) is 24.4 Å². The van der Waals surface area contributed by atoms with Gasteiger partial charge in [0, 0.05) is 18.3 Å². The van der Waals surface area contributed by atoms with Gasteiger partial charge in [0.1, 0.15) is 0 Å². The molecule has 1 heterocycles. The Balaban J connectivity index is 1.81. The van der Waals surface area contributed by atoms with Gasteiger partial charge in [-0.2, -0.15) is 0 Å². The van der Waals surface area contributed by atoms with E-state index in [1.165, 1.54) is 19.3 Å². The van der Waals surface area contributed by atoms with Gasteiger partial charge in [0.25, 0.3) is 0 Å². The van der Waals surface area contributed by atoms with Gasteiger partial charge in [0.05, 0.1) is 11.7 Å². The zero-order valence-corrected chi connectivity index (χ0v) is 12.4. The summed E-state index contributed by atoms with van der Waals surface area (Å²) >= 11 is 0. The minimum absolute atomic E-state index is 0.0725. The molecule has 2 atom stereocenters. The second kappa shape index (κ2) is 7.39. The maximum absolute atomic E-state index is 12.2. The van der Waals surface area contributed by atoms with Gasteiger partial charge < -0.3 is 5.32 Å². The average Bonchev–Trinajstić information content (AvgIpc) is 2.49. The zero-order chi connectivity index (χ0) is 14.4. The van der Waals surface area contributed by atoms with Gasteiger partial charge in [-0.05, 0) is 38.8 Å². The average molecular weight is 275 g/mol. The fourth-order valence-electron chi connectivity index (χ4n) is 2.74. The van der Waals surface area contributed by atoms with Crippen LogP contribution in [0.3, 0.4) is 0 Å². The van der Waals surface area contributed by atoms with Gasteiger partial charge >= 0.3 is 0 Å². The number of aromatic nitrogens is 1. The molecule has 4 nitrogen and oxygen atoms in total. The van der Waals surface area contributed by atoms with Gasteiger partial charge in [-0.15, -0.1) is 0 Å². The Morgan fingerprint density at radius 2 is 2.00 bits per heavy atom. The van der Waals surface area contributed by atoms with E-state index in [1.54, 1.807) is 6.20 Å². The van der Waals surface area contributed by atoms with Crippen molar-refractivity contribution in [3.63, 3.8) is 0 Å². The Hall–Kier alpha value is -1.42. The molecule has 0 spiro atoms. The van der Waals surface area contributed by atoms with Crippen molar-refractivity contribution >= 4 is 5.91 Å². The van der Waals surface area contributed by atoms with Crippen LogP contribution in [0.25, 0.3) is 0 Å². The minimum atomic E-state index is -0.200. The van der Waals surface area contributed by atoms with E-state index in [4.69, 9.17) is 0 Å². The van der Waals surface area contributed by atoms with Crippen LogP contribution >= 0.6 is 0 Å². The molecule has 1 unspecified atom stereocenters. The summed E-state index contributed by atoms with van der Waals surface area (Å²) in [5.41, 5.74) is 0.963. The number of pyridine rings is 1. The first-order valence-electron chi connectivity index (χ1n) is 7.64. The summed E-state index contributed by atoms with van der Waals surface area (Å²) in [6.45, 7) is 3.95. The first-order chi connectivity index (χ1) is 9.66. The molecular formula is C16H25N3O. The smallest absolute Gasteiger partial charge is 0.237 e. The Bertz CT molecular complexity index is 415. The molecule has 1 amide bonds. The second-order valence-corrected chi connectivity index (χ2v) is 5.71. The molecule has 0 aliphatic heterocycles. The van der Waals surface area contributed by atoms with Crippen molar-refractivity contribution in [1.82, 2.24) is 15.6 Å². The number of hydrogen-bond donors (Lipinski definition) is 2. The quantitative estimate of drug-likeness (QED) is 0.868. The van der Waals surface area contributed by atoms with Crippen LogP contribution in [-0.2, 0) is 4.79 Å². The summed E-state index contributed by atoms with van der Waals surface area (Å²) in [5, 5.41) is 6.46. The summed E-state index contributed by atoms with van der Waals surface area (Å²) < 4.78 is 0. The van der Waals surface area contributed by atoms with E-state index in [1.807, 2.05) is 32.0 Å². The molecule has 1 aliphatic carbocycles. The lowest BCUT2D eigenvalue weighted by Gasteiger charge is -2.26. The second-order valence-electron chi connectivity index (χ2n) is 5.71. The third kappa shape index (κ3) is 4.30. The molecule has 1 aromatic heterocycles. The monoisotopic (exact) mass is 275 g/mol. The Labute approximate surface area is 121 Å². The molecule has 0 bridgehead atoms. The minimum Gasteiger partial charge on any atom is -0.352 e. The number of carbonyl (C=O) groups is 1. The summed E-state index contributed by atoms with van der Waals surface area (Å²) in [6, 6.07) is 6.08. The molecular weight excluding hydrogens is 250 g/mol. The number of nitrogens with one attached hydrogen (secondary N) is 2. The standard InChI is InChI=1S/C16H25N3O/c1-12(15-10-6-7-11-17-15)18-13(2)16(20)19-14-8-4-3-5-9-14/h6-7,10-14,18H,3-5,8-9H2,1-2H3,(H,19,20)/t12-,13?/m1/s1. The lowest BCUT2D eigenvalue weighted by molar-refractivity contribution is -0.123. The van der Waals surface area contributed by atoms with E-state index in [0.29, 0.717) is 6.04 Å². The van der Waals surface area contributed by atoms with Crippen LogP contribution in [0.1, 0.15) is 57.7 Å². The summed E-state index contributed by atoms with van der Waals surface area (Å²) in [4.78, 5) is 16.5. The van der Waals surface area contributed by atoms with Gasteiger partial charge in [0.15, 0.2) is 0 Å². The maximum atomic E-state index is 12.2. The third-order valence-electron chi connectivity index (χ3n) is 3.98. The number of hydrogen-bond acceptors (Lipinski definition) is 3. The van der Waals surface area contributed by atoms with Crippen LogP contribution < -0.4 is 10.6 Å². The van der Waals surface area contributed by atoms with E-state index in [9.17, 15) is 4.79 Å². The number of nitrogens with zero attached hydrogens (tertiary/aromatic N) is 1. The Kier molecular flexibility index (Phi) is 5.53. The van der Waals surface area contributed by atoms with E-state index >= 15 is 0 Å². The van der Waals surface area contributed by atoms with Crippen molar-refractivity contribution < 1.29 is 4.79 Å². The van der Waals surface area contributed by atoms with E-state index in [-0.39, 0.29) is 18.0 Å². The number of rotatable bonds is 5. The van der Waals surface area contributed by atoms with Crippen LogP contribution in [0.5, 0.6) is 0 Å². The predicted octanol–water partition coefficient (Wildman–Crippen LogP) is 2.57. The van der Waals surface area contributed by atoms with Crippen LogP contribution in [0.2, 0.25) is 0 Å². The molecule has 0 aromatic carbocycles. The first kappa shape index (κ1) is 15.0. The lowest BCUT2D eigenvalue weighted by atomic mass is 9.95. The lowest BCUT2D eigenvalue weighted by Crippen LogP contribution is -2.47. The van der Waals surface area contributed by atoms with Crippen molar-refractivity contribution in [1.29, 1.82) is 0 Å². The van der Waals surface area contributed by atoms with Crippen molar-refractivity contribution in [2.24, 2.45) is 0 Å². The molecule has 4 heteroatoms. The fraction of sp³-hybridized carbons (Fsp3) is 0.625. The summed E-state index contributed by atoms with van der Waals surface area (Å²) in [6.07, 6.45) is 7.79. The zero-order valence-electron chi connectivity index (χ0n) is 12.4. The van der Waals surface area contributed by atoms with Gasteiger partial charge in [-0.3, -0.25) is 15.1 Å². The Morgan fingerprint density at radius 3 is 2.65 bits per heavy atom. The van der Waals surface area contributed by atoms with E-state index in [2.05, 4.69) is 15.6 Å². The molecule has 110 valence electrons. The number of amides is 1. The molecule has 1 aliphatic rings. The molecule has 2 N–H and O–H groups in total. The summed E-state index contributed by atoms with van der Waals surface area (Å²) in [7, 11) is 0. The normalized spacial score (nSPS) is 19.3. The Morgan fingerprint density at radius 1 is 1.25 bits per heavy atom. The molecule has 0 saturated heterocycles. The topological polar surface area (TPSA) is 54.0 Å². The molecule has 1 saturated carbocycles. The van der Waals surface area contributed by atoms with Crippen molar-refractivity contribution in [2.75, 3.05) is 0 Å². The van der Waals surface area contributed by atoms with Crippen molar-refractivity contribution in [2.45, 2.75) is 64.1 Å². The highest BCUT2D eigenvalue weighted by atomic mass is 16.2. The highest BCUT2D eigenvalue weighted by Gasteiger charge is 2.21. The predicted molar refractivity (Wildman–Crippen MR) is 80.3 cm³/mol. The molecule has 20 heavy (non-hydrogen) atoms.